The van der Waals surface area contributed by atoms with E-state index < -0.39 is 9.84 Å². The Balaban J connectivity index is 3.54. The molecule has 0 radical (unpaired) electrons. The second-order valence-corrected chi connectivity index (χ2v) is 7.06. The Morgan fingerprint density at radius 3 is 2.40 bits per heavy atom. The van der Waals surface area contributed by atoms with Crippen LogP contribution in [0.4, 0.5) is 0 Å². The van der Waals surface area contributed by atoms with Gasteiger partial charge in [0.05, 0.1) is 5.75 Å². The number of aliphatic hydroxyl groups excluding tert-OH is 1. The van der Waals surface area contributed by atoms with Crippen LogP contribution >= 0.6 is 0 Å². The first kappa shape index (κ1) is 14.9. The fourth-order valence-corrected chi connectivity index (χ4v) is 1.95. The third kappa shape index (κ3) is 10.2. The molecule has 15 heavy (non-hydrogen) atoms. The molecular formula is C10H23NO3S. The zero-order valence-corrected chi connectivity index (χ0v) is 10.7. The van der Waals surface area contributed by atoms with Gasteiger partial charge in [-0.15, -0.1) is 0 Å². The molecule has 4 nitrogen and oxygen atoms in total. The monoisotopic (exact) mass is 237 g/mol. The molecule has 0 saturated heterocycles. The minimum absolute atomic E-state index is 0.0693. The quantitative estimate of drug-likeness (QED) is 0.600. The van der Waals surface area contributed by atoms with Crippen molar-refractivity contribution in [3.63, 3.8) is 0 Å². The van der Waals surface area contributed by atoms with E-state index in [0.29, 0.717) is 13.0 Å². The SMILES string of the molecule is CC(C)(CCO)CNCCCS(C)(=O)=O. The molecule has 0 aromatic carbocycles. The lowest BCUT2D eigenvalue weighted by Gasteiger charge is -2.23. The van der Waals surface area contributed by atoms with Crippen LogP contribution in [-0.2, 0) is 9.84 Å². The topological polar surface area (TPSA) is 66.4 Å². The van der Waals surface area contributed by atoms with Gasteiger partial charge in [-0.1, -0.05) is 13.8 Å². The Labute approximate surface area is 93.0 Å². The first-order chi connectivity index (χ1) is 6.77. The molecule has 0 aliphatic rings. The van der Waals surface area contributed by atoms with Crippen LogP contribution in [0.25, 0.3) is 0 Å². The molecule has 0 aromatic heterocycles. The Morgan fingerprint density at radius 1 is 1.33 bits per heavy atom. The van der Waals surface area contributed by atoms with E-state index in [0.717, 1.165) is 13.0 Å². The van der Waals surface area contributed by atoms with Crippen LogP contribution in [0.3, 0.4) is 0 Å². The molecule has 0 bridgehead atoms. The predicted molar refractivity (Wildman–Crippen MR) is 62.7 cm³/mol. The molecule has 0 unspecified atom stereocenters. The minimum atomic E-state index is -2.83. The molecule has 0 aromatic rings. The summed E-state index contributed by atoms with van der Waals surface area (Å²) < 4.78 is 21.7. The maximum absolute atomic E-state index is 10.8. The molecule has 0 aliphatic heterocycles. The van der Waals surface area contributed by atoms with Gasteiger partial charge in [0.1, 0.15) is 9.84 Å². The molecule has 2 N–H and O–H groups in total. The summed E-state index contributed by atoms with van der Waals surface area (Å²) in [6.07, 6.45) is 2.66. The van der Waals surface area contributed by atoms with Crippen molar-refractivity contribution in [2.24, 2.45) is 5.41 Å². The predicted octanol–water partition coefficient (Wildman–Crippen LogP) is 0.419. The fourth-order valence-electron chi connectivity index (χ4n) is 1.28. The summed E-state index contributed by atoms with van der Waals surface area (Å²) in [6.45, 7) is 5.86. The molecular weight excluding hydrogens is 214 g/mol. The maximum atomic E-state index is 10.8. The molecule has 92 valence electrons. The average Bonchev–Trinajstić information content (AvgIpc) is 2.00. The van der Waals surface area contributed by atoms with Crippen LogP contribution in [-0.4, -0.2) is 45.2 Å². The lowest BCUT2D eigenvalue weighted by atomic mass is 9.90. The minimum Gasteiger partial charge on any atom is -0.396 e. The van der Waals surface area contributed by atoms with Crippen molar-refractivity contribution in [1.82, 2.24) is 5.32 Å². The molecule has 0 saturated carbocycles. The van der Waals surface area contributed by atoms with Gasteiger partial charge in [0.15, 0.2) is 0 Å². The summed E-state index contributed by atoms with van der Waals surface area (Å²) in [7, 11) is -2.83. The molecule has 0 amide bonds. The Hall–Kier alpha value is -0.130. The van der Waals surface area contributed by atoms with Gasteiger partial charge in [-0.05, 0) is 24.8 Å². The molecule has 0 fully saturated rings. The van der Waals surface area contributed by atoms with Crippen molar-refractivity contribution in [1.29, 1.82) is 0 Å². The van der Waals surface area contributed by atoms with Gasteiger partial charge in [-0.2, -0.15) is 0 Å². The second-order valence-electron chi connectivity index (χ2n) is 4.80. The van der Waals surface area contributed by atoms with Crippen LogP contribution in [0.1, 0.15) is 26.7 Å². The molecule has 0 spiro atoms. The Morgan fingerprint density at radius 2 is 1.93 bits per heavy atom. The third-order valence-corrected chi connectivity index (χ3v) is 3.29. The molecule has 5 heteroatoms. The van der Waals surface area contributed by atoms with Gasteiger partial charge in [0.25, 0.3) is 0 Å². The number of aliphatic hydroxyl groups is 1. The van der Waals surface area contributed by atoms with E-state index in [1.165, 1.54) is 6.26 Å². The fraction of sp³-hybridized carbons (Fsp3) is 1.00. The molecule has 0 rings (SSSR count). The largest absolute Gasteiger partial charge is 0.396 e. The van der Waals surface area contributed by atoms with Crippen LogP contribution < -0.4 is 5.32 Å². The van der Waals surface area contributed by atoms with Crippen molar-refractivity contribution >= 4 is 9.84 Å². The number of hydrogen-bond acceptors (Lipinski definition) is 4. The van der Waals surface area contributed by atoms with E-state index in [4.69, 9.17) is 5.11 Å². The summed E-state index contributed by atoms with van der Waals surface area (Å²) in [5.74, 6) is 0.237. The van der Waals surface area contributed by atoms with Gasteiger partial charge < -0.3 is 10.4 Å². The molecule has 0 heterocycles. The highest BCUT2D eigenvalue weighted by Crippen LogP contribution is 2.17. The number of rotatable bonds is 8. The van der Waals surface area contributed by atoms with E-state index in [2.05, 4.69) is 19.2 Å². The smallest absolute Gasteiger partial charge is 0.147 e. The van der Waals surface area contributed by atoms with Gasteiger partial charge in [0.2, 0.25) is 0 Å². The normalized spacial score (nSPS) is 13.1. The van der Waals surface area contributed by atoms with Crippen molar-refractivity contribution in [2.45, 2.75) is 26.7 Å². The summed E-state index contributed by atoms with van der Waals surface area (Å²) in [4.78, 5) is 0. The van der Waals surface area contributed by atoms with Crippen LogP contribution in [0.5, 0.6) is 0 Å². The van der Waals surface area contributed by atoms with Gasteiger partial charge in [0, 0.05) is 19.4 Å². The van der Waals surface area contributed by atoms with E-state index in [9.17, 15) is 8.42 Å². The van der Waals surface area contributed by atoms with Crippen LogP contribution in [0.2, 0.25) is 0 Å². The molecule has 0 aliphatic carbocycles. The zero-order chi connectivity index (χ0) is 11.9. The van der Waals surface area contributed by atoms with Crippen molar-refractivity contribution in [3.8, 4) is 0 Å². The third-order valence-electron chi connectivity index (χ3n) is 2.26. The highest BCUT2D eigenvalue weighted by atomic mass is 32.2. The number of sulfone groups is 1. The van der Waals surface area contributed by atoms with Gasteiger partial charge in [-0.25, -0.2) is 8.42 Å². The maximum Gasteiger partial charge on any atom is 0.147 e. The average molecular weight is 237 g/mol. The van der Waals surface area contributed by atoms with Crippen LogP contribution in [0, 0.1) is 5.41 Å². The van der Waals surface area contributed by atoms with E-state index in [1.54, 1.807) is 0 Å². The van der Waals surface area contributed by atoms with Crippen molar-refractivity contribution < 1.29 is 13.5 Å². The summed E-state index contributed by atoms with van der Waals surface area (Å²) in [5.41, 5.74) is 0.0693. The van der Waals surface area contributed by atoms with Gasteiger partial charge in [-0.3, -0.25) is 0 Å². The van der Waals surface area contributed by atoms with Crippen molar-refractivity contribution in [2.75, 3.05) is 31.7 Å². The summed E-state index contributed by atoms with van der Waals surface area (Å²) >= 11 is 0. The Kier molecular flexibility index (Phi) is 6.40. The Bertz CT molecular complexity index is 260. The van der Waals surface area contributed by atoms with E-state index >= 15 is 0 Å². The van der Waals surface area contributed by atoms with Gasteiger partial charge >= 0.3 is 0 Å². The number of hydrogen-bond donors (Lipinski definition) is 2. The standard InChI is InChI=1S/C10H23NO3S/c1-10(2,5-7-12)9-11-6-4-8-15(3,13)14/h11-12H,4-9H2,1-3H3. The van der Waals surface area contributed by atoms with Crippen LogP contribution in [0.15, 0.2) is 0 Å². The van der Waals surface area contributed by atoms with Crippen molar-refractivity contribution in [3.05, 3.63) is 0 Å². The number of nitrogens with one attached hydrogen (secondary N) is 1. The first-order valence-corrected chi connectivity index (χ1v) is 7.32. The summed E-state index contributed by atoms with van der Waals surface area (Å²) in [5, 5.41) is 12.0. The lowest BCUT2D eigenvalue weighted by molar-refractivity contribution is 0.207. The van der Waals surface area contributed by atoms with E-state index in [-0.39, 0.29) is 17.8 Å². The molecule has 0 atom stereocenters. The highest BCUT2D eigenvalue weighted by Gasteiger charge is 2.15. The second kappa shape index (κ2) is 6.45. The zero-order valence-electron chi connectivity index (χ0n) is 9.91. The van der Waals surface area contributed by atoms with E-state index in [1.807, 2.05) is 0 Å². The highest BCUT2D eigenvalue weighted by molar-refractivity contribution is 7.90. The first-order valence-electron chi connectivity index (χ1n) is 5.26. The summed E-state index contributed by atoms with van der Waals surface area (Å²) in [6, 6.07) is 0. The lowest BCUT2D eigenvalue weighted by Crippen LogP contribution is -2.31.